The maximum atomic E-state index is 12.0. The van der Waals surface area contributed by atoms with Crippen LogP contribution in [-0.2, 0) is 0 Å². The Bertz CT molecular complexity index is 493. The van der Waals surface area contributed by atoms with Gasteiger partial charge in [0.1, 0.15) is 5.75 Å². The maximum Gasteiger partial charge on any atom is 0.337 e. The SMILES string of the molecule is COc1ccc(C(=O)O)c(NC(=O)N(C)CCSC)c1. The summed E-state index contributed by atoms with van der Waals surface area (Å²) in [5.41, 5.74) is 0.246. The Morgan fingerprint density at radius 1 is 1.45 bits per heavy atom. The summed E-state index contributed by atoms with van der Waals surface area (Å²) < 4.78 is 5.04. The zero-order valence-corrected chi connectivity index (χ0v) is 12.5. The topological polar surface area (TPSA) is 78.9 Å². The molecule has 1 rings (SSSR count). The van der Waals surface area contributed by atoms with Crippen molar-refractivity contribution in [3.05, 3.63) is 23.8 Å². The zero-order chi connectivity index (χ0) is 15.1. The van der Waals surface area contributed by atoms with Crippen molar-refractivity contribution in [2.75, 3.05) is 38.0 Å². The van der Waals surface area contributed by atoms with Crippen LogP contribution in [0.4, 0.5) is 10.5 Å². The fourth-order valence-corrected chi connectivity index (χ4v) is 1.94. The number of rotatable bonds is 6. The van der Waals surface area contributed by atoms with Crippen molar-refractivity contribution in [2.45, 2.75) is 0 Å². The van der Waals surface area contributed by atoms with E-state index in [1.165, 1.54) is 30.2 Å². The largest absolute Gasteiger partial charge is 0.497 e. The number of carbonyl (C=O) groups excluding carboxylic acids is 1. The smallest absolute Gasteiger partial charge is 0.337 e. The number of nitrogens with zero attached hydrogens (tertiary/aromatic N) is 1. The Labute approximate surface area is 122 Å². The number of nitrogens with one attached hydrogen (secondary N) is 1. The molecule has 0 fully saturated rings. The summed E-state index contributed by atoms with van der Waals surface area (Å²) >= 11 is 1.63. The molecule has 0 saturated heterocycles. The van der Waals surface area contributed by atoms with Crippen LogP contribution in [0.15, 0.2) is 18.2 Å². The second-order valence-electron chi connectivity index (χ2n) is 4.06. The third kappa shape index (κ3) is 4.34. The van der Waals surface area contributed by atoms with E-state index in [2.05, 4.69) is 5.32 Å². The van der Waals surface area contributed by atoms with Crippen LogP contribution in [-0.4, -0.2) is 54.7 Å². The number of benzene rings is 1. The van der Waals surface area contributed by atoms with Crippen LogP contribution in [0.2, 0.25) is 0 Å². The lowest BCUT2D eigenvalue weighted by Gasteiger charge is -2.18. The fourth-order valence-electron chi connectivity index (χ4n) is 1.48. The third-order valence-electron chi connectivity index (χ3n) is 2.68. The van der Waals surface area contributed by atoms with Crippen molar-refractivity contribution in [3.63, 3.8) is 0 Å². The molecule has 0 unspecified atom stereocenters. The first-order valence-electron chi connectivity index (χ1n) is 5.92. The summed E-state index contributed by atoms with van der Waals surface area (Å²) in [6.45, 7) is 0.583. The van der Waals surface area contributed by atoms with Gasteiger partial charge in [-0.3, -0.25) is 0 Å². The number of ether oxygens (including phenoxy) is 1. The summed E-state index contributed by atoms with van der Waals surface area (Å²) in [7, 11) is 3.14. The fraction of sp³-hybridized carbons (Fsp3) is 0.385. The molecule has 0 saturated carbocycles. The number of hydrogen-bond donors (Lipinski definition) is 2. The number of urea groups is 1. The lowest BCUT2D eigenvalue weighted by Crippen LogP contribution is -2.33. The molecule has 0 atom stereocenters. The molecule has 2 amide bonds. The standard InChI is InChI=1S/C13H18N2O4S/c1-15(6-7-20-3)13(18)14-11-8-9(19-2)4-5-10(11)12(16)17/h4-5,8H,6-7H2,1-3H3,(H,14,18)(H,16,17). The zero-order valence-electron chi connectivity index (χ0n) is 11.7. The van der Waals surface area contributed by atoms with Gasteiger partial charge in [0.15, 0.2) is 0 Å². The highest BCUT2D eigenvalue weighted by atomic mass is 32.2. The normalized spacial score (nSPS) is 9.95. The van der Waals surface area contributed by atoms with Crippen LogP contribution >= 0.6 is 11.8 Å². The molecular formula is C13H18N2O4S. The number of methoxy groups -OCH3 is 1. The number of amides is 2. The van der Waals surface area contributed by atoms with Crippen LogP contribution in [0, 0.1) is 0 Å². The van der Waals surface area contributed by atoms with E-state index < -0.39 is 5.97 Å². The number of anilines is 1. The van der Waals surface area contributed by atoms with Gasteiger partial charge in [-0.25, -0.2) is 9.59 Å². The van der Waals surface area contributed by atoms with E-state index in [0.717, 1.165) is 5.75 Å². The summed E-state index contributed by atoms with van der Waals surface area (Å²) in [5.74, 6) is 0.195. The lowest BCUT2D eigenvalue weighted by molar-refractivity contribution is 0.0698. The van der Waals surface area contributed by atoms with Crippen molar-refractivity contribution in [3.8, 4) is 5.75 Å². The first kappa shape index (κ1) is 16.2. The Balaban J connectivity index is 2.89. The first-order chi connectivity index (χ1) is 9.49. The van der Waals surface area contributed by atoms with E-state index in [1.807, 2.05) is 6.26 Å². The second-order valence-corrected chi connectivity index (χ2v) is 5.05. The predicted octanol–water partition coefficient (Wildman–Crippen LogP) is 2.22. The van der Waals surface area contributed by atoms with Crippen molar-refractivity contribution in [2.24, 2.45) is 0 Å². The minimum Gasteiger partial charge on any atom is -0.497 e. The summed E-state index contributed by atoms with van der Waals surface area (Å²) in [5, 5.41) is 11.7. The number of carboxylic acids is 1. The average molecular weight is 298 g/mol. The summed E-state index contributed by atoms with van der Waals surface area (Å²) in [6.07, 6.45) is 1.95. The van der Waals surface area contributed by atoms with E-state index in [0.29, 0.717) is 12.3 Å². The molecule has 0 aliphatic heterocycles. The van der Waals surface area contributed by atoms with Gasteiger partial charge in [-0.1, -0.05) is 0 Å². The molecule has 0 aliphatic carbocycles. The molecule has 1 aromatic carbocycles. The van der Waals surface area contributed by atoms with Crippen LogP contribution in [0.3, 0.4) is 0 Å². The highest BCUT2D eigenvalue weighted by molar-refractivity contribution is 7.98. The average Bonchev–Trinajstić information content (AvgIpc) is 2.44. The van der Waals surface area contributed by atoms with Gasteiger partial charge in [-0.2, -0.15) is 11.8 Å². The van der Waals surface area contributed by atoms with Crippen molar-refractivity contribution < 1.29 is 19.4 Å². The van der Waals surface area contributed by atoms with Gasteiger partial charge in [-0.05, 0) is 18.4 Å². The van der Waals surface area contributed by atoms with Gasteiger partial charge in [0.25, 0.3) is 0 Å². The monoisotopic (exact) mass is 298 g/mol. The maximum absolute atomic E-state index is 12.0. The van der Waals surface area contributed by atoms with E-state index >= 15 is 0 Å². The van der Waals surface area contributed by atoms with Gasteiger partial charge >= 0.3 is 12.0 Å². The quantitative estimate of drug-likeness (QED) is 0.842. The number of hydrogen-bond acceptors (Lipinski definition) is 4. The molecule has 0 bridgehead atoms. The number of carbonyl (C=O) groups is 2. The third-order valence-corrected chi connectivity index (χ3v) is 3.27. The van der Waals surface area contributed by atoms with E-state index in [9.17, 15) is 9.59 Å². The van der Waals surface area contributed by atoms with Gasteiger partial charge in [-0.15, -0.1) is 0 Å². The van der Waals surface area contributed by atoms with Gasteiger partial charge in [0, 0.05) is 25.4 Å². The molecule has 110 valence electrons. The van der Waals surface area contributed by atoms with E-state index in [4.69, 9.17) is 9.84 Å². The first-order valence-corrected chi connectivity index (χ1v) is 7.31. The lowest BCUT2D eigenvalue weighted by atomic mass is 10.1. The molecule has 20 heavy (non-hydrogen) atoms. The Hall–Kier alpha value is -1.89. The highest BCUT2D eigenvalue weighted by Crippen LogP contribution is 2.23. The molecule has 0 aliphatic rings. The van der Waals surface area contributed by atoms with Crippen LogP contribution in [0.5, 0.6) is 5.75 Å². The molecule has 0 heterocycles. The van der Waals surface area contributed by atoms with Crippen molar-refractivity contribution in [1.82, 2.24) is 4.90 Å². The molecule has 2 N–H and O–H groups in total. The molecule has 0 aromatic heterocycles. The minimum absolute atomic E-state index is 0.0254. The Morgan fingerprint density at radius 3 is 2.70 bits per heavy atom. The Kier molecular flexibility index (Phi) is 6.17. The molecule has 0 spiro atoms. The van der Waals surface area contributed by atoms with Crippen LogP contribution in [0.25, 0.3) is 0 Å². The number of carboxylic acid groups (broad SMARTS) is 1. The predicted molar refractivity (Wildman–Crippen MR) is 80.0 cm³/mol. The summed E-state index contributed by atoms with van der Waals surface area (Å²) in [6, 6.07) is 4.08. The molecule has 1 aromatic rings. The summed E-state index contributed by atoms with van der Waals surface area (Å²) in [4.78, 5) is 24.6. The van der Waals surface area contributed by atoms with Crippen LogP contribution < -0.4 is 10.1 Å². The van der Waals surface area contributed by atoms with Crippen LogP contribution in [0.1, 0.15) is 10.4 Å². The Morgan fingerprint density at radius 2 is 2.15 bits per heavy atom. The van der Waals surface area contributed by atoms with Gasteiger partial charge in [0.2, 0.25) is 0 Å². The van der Waals surface area contributed by atoms with Gasteiger partial charge < -0.3 is 20.1 Å². The molecular weight excluding hydrogens is 280 g/mol. The van der Waals surface area contributed by atoms with E-state index in [1.54, 1.807) is 18.8 Å². The van der Waals surface area contributed by atoms with E-state index in [-0.39, 0.29) is 17.3 Å². The number of aromatic carboxylic acids is 1. The second kappa shape index (κ2) is 7.64. The van der Waals surface area contributed by atoms with Gasteiger partial charge in [0.05, 0.1) is 18.4 Å². The van der Waals surface area contributed by atoms with Crippen molar-refractivity contribution in [1.29, 1.82) is 0 Å². The van der Waals surface area contributed by atoms with Crippen molar-refractivity contribution >= 4 is 29.4 Å². The molecule has 0 radical (unpaired) electrons. The highest BCUT2D eigenvalue weighted by Gasteiger charge is 2.15. The molecule has 7 heteroatoms. The number of thioether (sulfide) groups is 1. The minimum atomic E-state index is -1.10. The molecule has 6 nitrogen and oxygen atoms in total.